The van der Waals surface area contributed by atoms with E-state index in [-0.39, 0.29) is 5.69 Å². The highest BCUT2D eigenvalue weighted by Crippen LogP contribution is 2.21. The lowest BCUT2D eigenvalue weighted by Gasteiger charge is -2.08. The van der Waals surface area contributed by atoms with E-state index in [0.717, 1.165) is 5.56 Å². The number of nitrogens with zero attached hydrogens (tertiary/aromatic N) is 2. The molecular formula is C12H12N2O3. The summed E-state index contributed by atoms with van der Waals surface area (Å²) in [7, 11) is 1.47. The van der Waals surface area contributed by atoms with Gasteiger partial charge in [0.15, 0.2) is 5.69 Å². The number of pyridine rings is 1. The van der Waals surface area contributed by atoms with Gasteiger partial charge in [-0.3, -0.25) is 0 Å². The second-order valence-corrected chi connectivity index (χ2v) is 3.63. The molecule has 0 fully saturated rings. The van der Waals surface area contributed by atoms with Crippen molar-refractivity contribution in [2.75, 3.05) is 7.11 Å². The molecule has 0 amide bonds. The molecule has 0 saturated carbocycles. The van der Waals surface area contributed by atoms with Crippen LogP contribution in [0.4, 0.5) is 0 Å². The highest BCUT2D eigenvalue weighted by Gasteiger charge is 2.11. The standard InChI is InChI=1S/C12H12N2O3/c1-8-5-6-14(7-8)10-4-3-9(12(15)16)13-11(10)17-2/h3-7H,1-2H3,(H,15,16). The second-order valence-electron chi connectivity index (χ2n) is 3.63. The smallest absolute Gasteiger partial charge is 0.354 e. The van der Waals surface area contributed by atoms with Crippen molar-refractivity contribution in [3.8, 4) is 11.6 Å². The number of carboxylic acid groups (broad SMARTS) is 1. The Morgan fingerprint density at radius 1 is 1.41 bits per heavy atom. The Kier molecular flexibility index (Phi) is 2.82. The maximum atomic E-state index is 10.8. The Bertz CT molecular complexity index is 561. The summed E-state index contributed by atoms with van der Waals surface area (Å²) in [6.07, 6.45) is 3.79. The van der Waals surface area contributed by atoms with Crippen LogP contribution in [0.5, 0.6) is 5.88 Å². The summed E-state index contributed by atoms with van der Waals surface area (Å²) < 4.78 is 6.94. The molecule has 2 heterocycles. The Morgan fingerprint density at radius 3 is 2.71 bits per heavy atom. The van der Waals surface area contributed by atoms with Crippen molar-refractivity contribution in [1.82, 2.24) is 9.55 Å². The van der Waals surface area contributed by atoms with Crippen molar-refractivity contribution >= 4 is 5.97 Å². The number of aromatic carboxylic acids is 1. The average molecular weight is 232 g/mol. The van der Waals surface area contributed by atoms with Gasteiger partial charge in [-0.15, -0.1) is 0 Å². The summed E-state index contributed by atoms with van der Waals surface area (Å²) in [6.45, 7) is 1.97. The topological polar surface area (TPSA) is 64.3 Å². The van der Waals surface area contributed by atoms with Crippen LogP contribution in [0.3, 0.4) is 0 Å². The number of rotatable bonds is 3. The van der Waals surface area contributed by atoms with E-state index in [4.69, 9.17) is 9.84 Å². The third-order valence-corrected chi connectivity index (χ3v) is 2.37. The van der Waals surface area contributed by atoms with Gasteiger partial charge in [0.1, 0.15) is 5.69 Å². The molecule has 0 saturated heterocycles. The van der Waals surface area contributed by atoms with Gasteiger partial charge in [-0.1, -0.05) is 0 Å². The van der Waals surface area contributed by atoms with Crippen molar-refractivity contribution in [3.05, 3.63) is 41.9 Å². The van der Waals surface area contributed by atoms with Crippen LogP contribution in [0, 0.1) is 6.92 Å². The fourth-order valence-corrected chi connectivity index (χ4v) is 1.55. The Hall–Kier alpha value is -2.30. The fourth-order valence-electron chi connectivity index (χ4n) is 1.55. The third-order valence-electron chi connectivity index (χ3n) is 2.37. The van der Waals surface area contributed by atoms with E-state index < -0.39 is 5.97 Å². The molecule has 0 spiro atoms. The minimum atomic E-state index is -1.07. The fraction of sp³-hybridized carbons (Fsp3) is 0.167. The number of aryl methyl sites for hydroxylation is 1. The number of methoxy groups -OCH3 is 1. The first-order valence-electron chi connectivity index (χ1n) is 5.05. The molecule has 2 aromatic rings. The van der Waals surface area contributed by atoms with Gasteiger partial charge in [0, 0.05) is 12.4 Å². The molecule has 0 unspecified atom stereocenters. The highest BCUT2D eigenvalue weighted by molar-refractivity contribution is 5.85. The van der Waals surface area contributed by atoms with Crippen molar-refractivity contribution in [1.29, 1.82) is 0 Å². The largest absolute Gasteiger partial charge is 0.479 e. The molecule has 0 aliphatic carbocycles. The number of hydrogen-bond donors (Lipinski definition) is 1. The average Bonchev–Trinajstić information content (AvgIpc) is 2.74. The monoisotopic (exact) mass is 232 g/mol. The lowest BCUT2D eigenvalue weighted by Crippen LogP contribution is -2.04. The van der Waals surface area contributed by atoms with Gasteiger partial charge in [-0.2, -0.15) is 0 Å². The molecule has 0 aromatic carbocycles. The van der Waals surface area contributed by atoms with E-state index in [9.17, 15) is 4.79 Å². The van der Waals surface area contributed by atoms with Crippen LogP contribution in [-0.2, 0) is 0 Å². The lowest BCUT2D eigenvalue weighted by atomic mass is 10.3. The molecule has 5 nitrogen and oxygen atoms in total. The molecule has 0 aliphatic heterocycles. The van der Waals surface area contributed by atoms with E-state index in [1.165, 1.54) is 13.2 Å². The molecule has 0 aliphatic rings. The molecule has 17 heavy (non-hydrogen) atoms. The van der Waals surface area contributed by atoms with Crippen molar-refractivity contribution in [2.45, 2.75) is 6.92 Å². The quantitative estimate of drug-likeness (QED) is 0.877. The SMILES string of the molecule is COc1nc(C(=O)O)ccc1-n1ccc(C)c1. The molecule has 1 N–H and O–H groups in total. The predicted octanol–water partition coefficient (Wildman–Crippen LogP) is 1.89. The second kappa shape index (κ2) is 4.29. The van der Waals surface area contributed by atoms with Crippen molar-refractivity contribution in [3.63, 3.8) is 0 Å². The van der Waals surface area contributed by atoms with Crippen LogP contribution in [-0.4, -0.2) is 27.7 Å². The normalized spacial score (nSPS) is 10.2. The maximum Gasteiger partial charge on any atom is 0.354 e. The van der Waals surface area contributed by atoms with Gasteiger partial charge in [-0.25, -0.2) is 9.78 Å². The summed E-state index contributed by atoms with van der Waals surface area (Å²) in [4.78, 5) is 14.7. The summed E-state index contributed by atoms with van der Waals surface area (Å²) in [5, 5.41) is 8.85. The van der Waals surface area contributed by atoms with Crippen LogP contribution < -0.4 is 4.74 Å². The van der Waals surface area contributed by atoms with Crippen LogP contribution in [0.15, 0.2) is 30.6 Å². The molecule has 2 rings (SSSR count). The Morgan fingerprint density at radius 2 is 2.18 bits per heavy atom. The minimum absolute atomic E-state index is 0.0329. The first kappa shape index (κ1) is 11.2. The molecule has 0 bridgehead atoms. The molecule has 5 heteroatoms. The maximum absolute atomic E-state index is 10.8. The van der Waals surface area contributed by atoms with Gasteiger partial charge in [-0.05, 0) is 30.7 Å². The molecular weight excluding hydrogens is 220 g/mol. The van der Waals surface area contributed by atoms with E-state index in [1.54, 1.807) is 6.07 Å². The van der Waals surface area contributed by atoms with Crippen LogP contribution in [0.1, 0.15) is 16.1 Å². The zero-order chi connectivity index (χ0) is 12.4. The van der Waals surface area contributed by atoms with Crippen LogP contribution in [0.2, 0.25) is 0 Å². The van der Waals surface area contributed by atoms with Crippen LogP contribution >= 0.6 is 0 Å². The number of hydrogen-bond acceptors (Lipinski definition) is 3. The van der Waals surface area contributed by atoms with E-state index in [0.29, 0.717) is 11.6 Å². The first-order chi connectivity index (χ1) is 8.11. The third kappa shape index (κ3) is 2.13. The number of ether oxygens (including phenoxy) is 1. The highest BCUT2D eigenvalue weighted by atomic mass is 16.5. The minimum Gasteiger partial charge on any atom is -0.479 e. The molecule has 2 aromatic heterocycles. The number of carbonyl (C=O) groups is 1. The Balaban J connectivity index is 2.51. The summed E-state index contributed by atoms with van der Waals surface area (Å²) >= 11 is 0. The van der Waals surface area contributed by atoms with Gasteiger partial charge >= 0.3 is 5.97 Å². The summed E-state index contributed by atoms with van der Waals surface area (Å²) in [5.41, 5.74) is 1.79. The zero-order valence-corrected chi connectivity index (χ0v) is 9.54. The number of carboxylic acids is 1. The van der Waals surface area contributed by atoms with Gasteiger partial charge in [0.25, 0.3) is 0 Å². The number of aromatic nitrogens is 2. The van der Waals surface area contributed by atoms with Gasteiger partial charge in [0.05, 0.1) is 7.11 Å². The van der Waals surface area contributed by atoms with Gasteiger partial charge in [0.2, 0.25) is 5.88 Å². The van der Waals surface area contributed by atoms with Crippen molar-refractivity contribution < 1.29 is 14.6 Å². The van der Waals surface area contributed by atoms with E-state index in [2.05, 4.69) is 4.98 Å². The van der Waals surface area contributed by atoms with Gasteiger partial charge < -0.3 is 14.4 Å². The van der Waals surface area contributed by atoms with E-state index in [1.807, 2.05) is 30.0 Å². The van der Waals surface area contributed by atoms with E-state index >= 15 is 0 Å². The lowest BCUT2D eigenvalue weighted by molar-refractivity contribution is 0.0689. The first-order valence-corrected chi connectivity index (χ1v) is 5.05. The molecule has 0 radical (unpaired) electrons. The van der Waals surface area contributed by atoms with Crippen LogP contribution in [0.25, 0.3) is 5.69 Å². The van der Waals surface area contributed by atoms with Crippen molar-refractivity contribution in [2.24, 2.45) is 0 Å². The summed E-state index contributed by atoms with van der Waals surface area (Å²) in [6, 6.07) is 5.08. The Labute approximate surface area is 98.3 Å². The molecule has 0 atom stereocenters. The zero-order valence-electron chi connectivity index (χ0n) is 9.54. The predicted molar refractivity (Wildman–Crippen MR) is 61.8 cm³/mol. The summed E-state index contributed by atoms with van der Waals surface area (Å²) in [5.74, 6) is -0.779. The molecule has 88 valence electrons.